The van der Waals surface area contributed by atoms with Crippen molar-refractivity contribution in [1.82, 2.24) is 0 Å². The number of nitrogen functional groups attached to an aromatic ring is 1. The average Bonchev–Trinajstić information content (AvgIpc) is 2.21. The van der Waals surface area contributed by atoms with Gasteiger partial charge in [-0.15, -0.1) is 0 Å². The highest BCUT2D eigenvalue weighted by molar-refractivity contribution is 6.33. The van der Waals surface area contributed by atoms with Gasteiger partial charge in [0.2, 0.25) is 0 Å². The number of nitrogens with two attached hydrogens (primary N) is 1. The van der Waals surface area contributed by atoms with E-state index in [4.69, 9.17) is 17.3 Å². The van der Waals surface area contributed by atoms with E-state index < -0.39 is 18.0 Å². The maximum absolute atomic E-state index is 12.6. The van der Waals surface area contributed by atoms with Gasteiger partial charge in [-0.25, -0.2) is 0 Å². The number of hydrogen-bond donors (Lipinski definition) is 2. The summed E-state index contributed by atoms with van der Waals surface area (Å²) in [4.78, 5) is 10.8. The second-order valence-corrected chi connectivity index (χ2v) is 3.67. The third-order valence-electron chi connectivity index (χ3n) is 1.90. The zero-order chi connectivity index (χ0) is 14.1. The molecule has 0 saturated carbocycles. The first-order valence-corrected chi connectivity index (χ1v) is 4.74. The summed E-state index contributed by atoms with van der Waals surface area (Å²) in [7, 11) is 0. The Morgan fingerprint density at radius 1 is 1.22 bits per heavy atom. The van der Waals surface area contributed by atoms with Crippen LogP contribution in [0.5, 0.6) is 0 Å². The molecular weight excluding hydrogens is 283 g/mol. The van der Waals surface area contributed by atoms with Crippen LogP contribution in [0.25, 0.3) is 0 Å². The Morgan fingerprint density at radius 2 is 1.78 bits per heavy atom. The number of benzene rings is 1. The molecule has 9 heteroatoms. The predicted molar refractivity (Wildman–Crippen MR) is 55.5 cm³/mol. The number of nitrogens with one attached hydrogen (secondary N) is 1. The van der Waals surface area contributed by atoms with E-state index in [0.717, 1.165) is 18.2 Å². The van der Waals surface area contributed by atoms with Crippen LogP contribution < -0.4 is 11.1 Å². The van der Waals surface area contributed by atoms with Crippen molar-refractivity contribution >= 4 is 28.9 Å². The lowest BCUT2D eigenvalue weighted by molar-refractivity contribution is -0.267. The van der Waals surface area contributed by atoms with E-state index >= 15 is 0 Å². The van der Waals surface area contributed by atoms with Gasteiger partial charge >= 0.3 is 18.0 Å². The molecule has 1 amide bonds. The smallest absolute Gasteiger partial charge is 0.397 e. The Kier molecular flexibility index (Phi) is 3.70. The number of carbonyl (C=O) groups excluding carboxylic acids is 1. The minimum atomic E-state index is -5.96. The topological polar surface area (TPSA) is 55.1 Å². The van der Waals surface area contributed by atoms with Crippen LogP contribution in [0.15, 0.2) is 18.2 Å². The van der Waals surface area contributed by atoms with E-state index in [1.807, 2.05) is 0 Å². The zero-order valence-electron chi connectivity index (χ0n) is 8.49. The fourth-order valence-electron chi connectivity index (χ4n) is 0.960. The molecule has 0 heterocycles. The summed E-state index contributed by atoms with van der Waals surface area (Å²) in [5.41, 5.74) is 4.92. The molecule has 0 aliphatic rings. The number of anilines is 2. The van der Waals surface area contributed by atoms with Gasteiger partial charge < -0.3 is 11.1 Å². The lowest BCUT2D eigenvalue weighted by Gasteiger charge is -2.18. The first-order valence-electron chi connectivity index (χ1n) is 4.36. The number of alkyl halides is 5. The molecule has 0 radical (unpaired) electrons. The molecule has 18 heavy (non-hydrogen) atoms. The molecule has 1 aromatic carbocycles. The predicted octanol–water partition coefficient (Wildman–Crippen LogP) is 3.06. The van der Waals surface area contributed by atoms with Crippen molar-refractivity contribution in [2.45, 2.75) is 12.1 Å². The molecule has 0 aliphatic heterocycles. The van der Waals surface area contributed by atoms with E-state index in [0.29, 0.717) is 0 Å². The second kappa shape index (κ2) is 4.60. The van der Waals surface area contributed by atoms with Crippen LogP contribution in [0.4, 0.5) is 33.3 Å². The van der Waals surface area contributed by atoms with Gasteiger partial charge in [0.25, 0.3) is 0 Å². The summed E-state index contributed by atoms with van der Waals surface area (Å²) in [5, 5.41) is 1.49. The van der Waals surface area contributed by atoms with Crippen molar-refractivity contribution < 1.29 is 26.7 Å². The molecule has 3 N–H and O–H groups in total. The van der Waals surface area contributed by atoms with Gasteiger partial charge in [-0.2, -0.15) is 22.0 Å². The van der Waals surface area contributed by atoms with Gasteiger partial charge in [0.1, 0.15) is 0 Å². The Bertz CT molecular complexity index is 475. The summed E-state index contributed by atoms with van der Waals surface area (Å²) < 4.78 is 60.8. The zero-order valence-corrected chi connectivity index (χ0v) is 9.24. The van der Waals surface area contributed by atoms with E-state index in [1.54, 1.807) is 0 Å². The standard InChI is InChI=1S/C9H6ClF5N2O/c10-5-2-1-4(3-6(5)16)17-7(18)8(11,12)9(13,14)15/h1-3H,16H2,(H,17,18). The van der Waals surface area contributed by atoms with Crippen molar-refractivity contribution in [3.63, 3.8) is 0 Å². The van der Waals surface area contributed by atoms with Gasteiger partial charge in [0.15, 0.2) is 0 Å². The maximum atomic E-state index is 12.6. The van der Waals surface area contributed by atoms with Crippen molar-refractivity contribution in [1.29, 1.82) is 0 Å². The molecule has 0 spiro atoms. The van der Waals surface area contributed by atoms with E-state index in [9.17, 15) is 26.7 Å². The van der Waals surface area contributed by atoms with Gasteiger partial charge in [0.05, 0.1) is 10.7 Å². The van der Waals surface area contributed by atoms with Crippen LogP contribution in [-0.4, -0.2) is 18.0 Å². The Morgan fingerprint density at radius 3 is 2.22 bits per heavy atom. The molecule has 0 aromatic heterocycles. The summed E-state index contributed by atoms with van der Waals surface area (Å²) in [6.45, 7) is 0. The highest BCUT2D eigenvalue weighted by Crippen LogP contribution is 2.36. The van der Waals surface area contributed by atoms with E-state index in [-0.39, 0.29) is 16.4 Å². The number of carbonyl (C=O) groups is 1. The van der Waals surface area contributed by atoms with Crippen LogP contribution in [0.3, 0.4) is 0 Å². The minimum absolute atomic E-state index is 0.0650. The first-order chi connectivity index (χ1) is 8.05. The molecule has 3 nitrogen and oxygen atoms in total. The van der Waals surface area contributed by atoms with Crippen molar-refractivity contribution in [2.24, 2.45) is 0 Å². The SMILES string of the molecule is Nc1cc(NC(=O)C(F)(F)C(F)(F)F)ccc1Cl. The van der Waals surface area contributed by atoms with Crippen LogP contribution in [0.2, 0.25) is 5.02 Å². The second-order valence-electron chi connectivity index (χ2n) is 3.26. The lowest BCUT2D eigenvalue weighted by atomic mass is 10.2. The van der Waals surface area contributed by atoms with E-state index in [1.165, 1.54) is 5.32 Å². The molecule has 0 aliphatic carbocycles. The molecular formula is C9H6ClF5N2O. The fourth-order valence-corrected chi connectivity index (χ4v) is 1.08. The summed E-state index contributed by atoms with van der Waals surface area (Å²) in [5.74, 6) is -7.97. The molecule has 0 fully saturated rings. The van der Waals surface area contributed by atoms with Gasteiger partial charge in [0, 0.05) is 5.69 Å². The number of hydrogen-bond acceptors (Lipinski definition) is 2. The highest BCUT2D eigenvalue weighted by atomic mass is 35.5. The third-order valence-corrected chi connectivity index (χ3v) is 2.24. The molecule has 0 saturated heterocycles. The molecule has 0 unspecified atom stereocenters. The summed E-state index contributed by atoms with van der Waals surface area (Å²) >= 11 is 5.51. The normalized spacial score (nSPS) is 12.3. The van der Waals surface area contributed by atoms with Gasteiger partial charge in [-0.3, -0.25) is 4.79 Å². The summed E-state index contributed by atoms with van der Waals surface area (Å²) in [6, 6.07) is 3.16. The number of halogens is 6. The molecule has 1 rings (SSSR count). The maximum Gasteiger partial charge on any atom is 0.463 e. The van der Waals surface area contributed by atoms with Gasteiger partial charge in [-0.05, 0) is 18.2 Å². The van der Waals surface area contributed by atoms with Crippen LogP contribution in [-0.2, 0) is 4.79 Å². The molecule has 0 bridgehead atoms. The third kappa shape index (κ3) is 2.81. The Labute approximate surface area is 103 Å². The van der Waals surface area contributed by atoms with Crippen molar-refractivity contribution in [3.8, 4) is 0 Å². The van der Waals surface area contributed by atoms with Crippen molar-refractivity contribution in [2.75, 3.05) is 11.1 Å². The number of amides is 1. The largest absolute Gasteiger partial charge is 0.463 e. The number of rotatable bonds is 2. The quantitative estimate of drug-likeness (QED) is 0.649. The molecule has 100 valence electrons. The Hall–Kier alpha value is -1.57. The average molecular weight is 289 g/mol. The van der Waals surface area contributed by atoms with Gasteiger partial charge in [-0.1, -0.05) is 11.6 Å². The molecule has 0 atom stereocenters. The summed E-state index contributed by atoms with van der Waals surface area (Å²) in [6.07, 6.45) is -5.96. The monoisotopic (exact) mass is 288 g/mol. The Balaban J connectivity index is 2.91. The van der Waals surface area contributed by atoms with Crippen LogP contribution >= 0.6 is 11.6 Å². The molecule has 1 aromatic rings. The first kappa shape index (κ1) is 14.5. The van der Waals surface area contributed by atoms with Crippen LogP contribution in [0, 0.1) is 0 Å². The van der Waals surface area contributed by atoms with Crippen LogP contribution in [0.1, 0.15) is 0 Å². The highest BCUT2D eigenvalue weighted by Gasteiger charge is 2.63. The van der Waals surface area contributed by atoms with E-state index in [2.05, 4.69) is 0 Å². The minimum Gasteiger partial charge on any atom is -0.397 e. The fraction of sp³-hybridized carbons (Fsp3) is 0.222. The lowest BCUT2D eigenvalue weighted by Crippen LogP contribution is -2.47. The van der Waals surface area contributed by atoms with Crippen molar-refractivity contribution in [3.05, 3.63) is 23.2 Å².